The molecule has 104 valence electrons. The lowest BCUT2D eigenvalue weighted by atomic mass is 10.1. The molecule has 3 heteroatoms. The summed E-state index contributed by atoms with van der Waals surface area (Å²) in [6, 6.07) is 0.420. The molecule has 1 aliphatic rings. The summed E-state index contributed by atoms with van der Waals surface area (Å²) in [4.78, 5) is 13.0. The van der Waals surface area contributed by atoms with Crippen LogP contribution in [0.3, 0.4) is 0 Å². The normalized spacial score (nSPS) is 16.5. The van der Waals surface area contributed by atoms with E-state index in [-0.39, 0.29) is 5.91 Å². The standard InChI is InChI=1S/C8H16N2O.C4H10.C2H6/c1-7(11)9-8-3-5-10(2)6-4-8;1-4(2)3;1-2/h8H,3-6H2,1-2H3,(H,9,11);4H,1-3H3;1-2H3. The van der Waals surface area contributed by atoms with Gasteiger partial charge in [0.15, 0.2) is 0 Å². The molecule has 1 rings (SSSR count). The van der Waals surface area contributed by atoms with Gasteiger partial charge in [-0.25, -0.2) is 0 Å². The van der Waals surface area contributed by atoms with Crippen LogP contribution in [0.4, 0.5) is 0 Å². The van der Waals surface area contributed by atoms with Gasteiger partial charge in [0.1, 0.15) is 0 Å². The molecule has 0 aromatic rings. The van der Waals surface area contributed by atoms with Gasteiger partial charge in [0.2, 0.25) is 5.91 Å². The third-order valence-electron chi connectivity index (χ3n) is 2.13. The highest BCUT2D eigenvalue weighted by molar-refractivity contribution is 5.73. The summed E-state index contributed by atoms with van der Waals surface area (Å²) in [6.07, 6.45) is 2.19. The molecule has 17 heavy (non-hydrogen) atoms. The van der Waals surface area contributed by atoms with Crippen molar-refractivity contribution >= 4 is 5.91 Å². The van der Waals surface area contributed by atoms with E-state index in [2.05, 4.69) is 38.0 Å². The highest BCUT2D eigenvalue weighted by Crippen LogP contribution is 2.07. The summed E-state index contributed by atoms with van der Waals surface area (Å²) in [5, 5.41) is 2.94. The van der Waals surface area contributed by atoms with Crippen molar-refractivity contribution in [2.75, 3.05) is 20.1 Å². The number of likely N-dealkylation sites (tertiary alicyclic amines) is 1. The fraction of sp³-hybridized carbons (Fsp3) is 0.929. The second-order valence-electron chi connectivity index (χ2n) is 5.01. The molecule has 0 radical (unpaired) electrons. The maximum Gasteiger partial charge on any atom is 0.217 e. The van der Waals surface area contributed by atoms with Crippen molar-refractivity contribution in [2.24, 2.45) is 5.92 Å². The number of nitrogens with zero attached hydrogens (tertiary/aromatic N) is 1. The highest BCUT2D eigenvalue weighted by atomic mass is 16.1. The van der Waals surface area contributed by atoms with Crippen LogP contribution in [0.5, 0.6) is 0 Å². The predicted molar refractivity (Wildman–Crippen MR) is 76.2 cm³/mol. The number of carbonyl (C=O) groups is 1. The van der Waals surface area contributed by atoms with Crippen molar-refractivity contribution in [3.8, 4) is 0 Å². The smallest absolute Gasteiger partial charge is 0.217 e. The molecule has 0 aromatic carbocycles. The average Bonchev–Trinajstić information content (AvgIpc) is 2.23. The zero-order chi connectivity index (χ0) is 13.8. The molecule has 3 nitrogen and oxygen atoms in total. The minimum absolute atomic E-state index is 0.0968. The van der Waals surface area contributed by atoms with E-state index in [1.165, 1.54) is 0 Å². The summed E-state index contributed by atoms with van der Waals surface area (Å²) in [5.74, 6) is 0.930. The molecule has 0 bridgehead atoms. The maximum atomic E-state index is 10.7. The summed E-state index contributed by atoms with van der Waals surface area (Å²) in [6.45, 7) is 14.3. The number of rotatable bonds is 1. The molecule has 1 amide bonds. The van der Waals surface area contributed by atoms with E-state index in [1.807, 2.05) is 13.8 Å². The molecular weight excluding hydrogens is 212 g/mol. The molecule has 0 spiro atoms. The topological polar surface area (TPSA) is 32.3 Å². The average molecular weight is 244 g/mol. The van der Waals surface area contributed by atoms with E-state index in [0.29, 0.717) is 6.04 Å². The molecule has 0 saturated carbocycles. The van der Waals surface area contributed by atoms with Crippen LogP contribution < -0.4 is 5.32 Å². The first-order valence-corrected chi connectivity index (χ1v) is 6.87. The summed E-state index contributed by atoms with van der Waals surface area (Å²) in [7, 11) is 2.12. The fourth-order valence-corrected chi connectivity index (χ4v) is 1.44. The van der Waals surface area contributed by atoms with Gasteiger partial charge in [0.25, 0.3) is 0 Å². The molecule has 0 aliphatic carbocycles. The van der Waals surface area contributed by atoms with Crippen molar-refractivity contribution in [3.05, 3.63) is 0 Å². The fourth-order valence-electron chi connectivity index (χ4n) is 1.44. The number of amides is 1. The van der Waals surface area contributed by atoms with Crippen LogP contribution in [0.2, 0.25) is 0 Å². The summed E-state index contributed by atoms with van der Waals surface area (Å²) < 4.78 is 0. The largest absolute Gasteiger partial charge is 0.354 e. The summed E-state index contributed by atoms with van der Waals surface area (Å²) in [5.41, 5.74) is 0. The number of nitrogens with one attached hydrogen (secondary N) is 1. The lowest BCUT2D eigenvalue weighted by Crippen LogP contribution is -2.42. The van der Waals surface area contributed by atoms with E-state index >= 15 is 0 Å². The molecule has 1 heterocycles. The third-order valence-corrected chi connectivity index (χ3v) is 2.13. The molecule has 1 fully saturated rings. The van der Waals surface area contributed by atoms with Gasteiger partial charge >= 0.3 is 0 Å². The minimum atomic E-state index is 0.0968. The quantitative estimate of drug-likeness (QED) is 0.769. The highest BCUT2D eigenvalue weighted by Gasteiger charge is 2.16. The Kier molecular flexibility index (Phi) is 13.2. The van der Waals surface area contributed by atoms with E-state index < -0.39 is 0 Å². The van der Waals surface area contributed by atoms with Crippen LogP contribution >= 0.6 is 0 Å². The predicted octanol–water partition coefficient (Wildman–Crippen LogP) is 2.91. The Hall–Kier alpha value is -0.570. The van der Waals surface area contributed by atoms with Crippen LogP contribution in [-0.2, 0) is 4.79 Å². The zero-order valence-electron chi connectivity index (χ0n) is 12.8. The number of carbonyl (C=O) groups excluding carboxylic acids is 1. The Bertz CT molecular complexity index is 170. The van der Waals surface area contributed by atoms with Gasteiger partial charge in [-0.1, -0.05) is 34.6 Å². The van der Waals surface area contributed by atoms with E-state index in [9.17, 15) is 4.79 Å². The van der Waals surface area contributed by atoms with Gasteiger partial charge < -0.3 is 10.2 Å². The van der Waals surface area contributed by atoms with Crippen molar-refractivity contribution in [2.45, 2.75) is 60.4 Å². The number of piperidine rings is 1. The molecular formula is C14H32N2O. The number of hydrogen-bond donors (Lipinski definition) is 1. The maximum absolute atomic E-state index is 10.7. The Labute approximate surface area is 108 Å². The molecule has 0 unspecified atom stereocenters. The van der Waals surface area contributed by atoms with Crippen LogP contribution in [0.25, 0.3) is 0 Å². The molecule has 0 aromatic heterocycles. The first kappa shape index (κ1) is 18.8. The van der Waals surface area contributed by atoms with Crippen LogP contribution in [-0.4, -0.2) is 37.0 Å². The molecule has 1 aliphatic heterocycles. The minimum Gasteiger partial charge on any atom is -0.354 e. The number of hydrogen-bond acceptors (Lipinski definition) is 2. The summed E-state index contributed by atoms with van der Waals surface area (Å²) >= 11 is 0. The Morgan fingerprint density at radius 3 is 1.82 bits per heavy atom. The zero-order valence-corrected chi connectivity index (χ0v) is 12.8. The van der Waals surface area contributed by atoms with Gasteiger partial charge in [0, 0.05) is 13.0 Å². The molecule has 0 atom stereocenters. The molecule has 1 saturated heterocycles. The van der Waals surface area contributed by atoms with Gasteiger partial charge in [0.05, 0.1) is 0 Å². The van der Waals surface area contributed by atoms with E-state index in [4.69, 9.17) is 0 Å². The Balaban J connectivity index is 0. The molecule has 1 N–H and O–H groups in total. The van der Waals surface area contributed by atoms with Gasteiger partial charge in [-0.05, 0) is 38.9 Å². The first-order chi connectivity index (χ1) is 7.91. The van der Waals surface area contributed by atoms with Crippen molar-refractivity contribution in [1.82, 2.24) is 10.2 Å². The van der Waals surface area contributed by atoms with Crippen LogP contribution in [0, 0.1) is 5.92 Å². The van der Waals surface area contributed by atoms with Gasteiger partial charge in [-0.2, -0.15) is 0 Å². The van der Waals surface area contributed by atoms with Crippen molar-refractivity contribution in [1.29, 1.82) is 0 Å². The monoisotopic (exact) mass is 244 g/mol. The Morgan fingerprint density at radius 1 is 1.18 bits per heavy atom. The van der Waals surface area contributed by atoms with Gasteiger partial charge in [-0.15, -0.1) is 0 Å². The van der Waals surface area contributed by atoms with Crippen molar-refractivity contribution in [3.63, 3.8) is 0 Å². The van der Waals surface area contributed by atoms with Crippen molar-refractivity contribution < 1.29 is 4.79 Å². The van der Waals surface area contributed by atoms with Crippen LogP contribution in [0.1, 0.15) is 54.4 Å². The first-order valence-electron chi connectivity index (χ1n) is 6.87. The van der Waals surface area contributed by atoms with Crippen LogP contribution in [0.15, 0.2) is 0 Å². The second kappa shape index (κ2) is 11.9. The Morgan fingerprint density at radius 2 is 1.53 bits per heavy atom. The SMILES string of the molecule is CC.CC(=O)NC1CCN(C)CC1.CC(C)C. The third kappa shape index (κ3) is 15.4. The second-order valence-corrected chi connectivity index (χ2v) is 5.01. The van der Waals surface area contributed by atoms with Gasteiger partial charge in [-0.3, -0.25) is 4.79 Å². The van der Waals surface area contributed by atoms with E-state index in [0.717, 1.165) is 31.8 Å². The lowest BCUT2D eigenvalue weighted by Gasteiger charge is -2.29. The lowest BCUT2D eigenvalue weighted by molar-refractivity contribution is -0.119. The van der Waals surface area contributed by atoms with E-state index in [1.54, 1.807) is 6.92 Å².